The van der Waals surface area contributed by atoms with Gasteiger partial charge in [-0.05, 0) is 36.6 Å². The number of Topliss-reactive ketones (excluding diaryl/α,β-unsaturated/α-hetero) is 1. The normalized spacial score (nSPS) is 19.6. The zero-order valence-corrected chi connectivity index (χ0v) is 8.76. The number of methoxy groups -OCH3 is 1. The van der Waals surface area contributed by atoms with Crippen molar-refractivity contribution in [3.8, 4) is 5.75 Å². The van der Waals surface area contributed by atoms with Gasteiger partial charge >= 0.3 is 0 Å². The fourth-order valence-electron chi connectivity index (χ4n) is 2.04. The molecule has 14 heavy (non-hydrogen) atoms. The number of rotatable bonds is 1. The van der Waals surface area contributed by atoms with Crippen molar-refractivity contribution in [3.05, 3.63) is 28.8 Å². The Balaban J connectivity index is 2.54. The first kappa shape index (κ1) is 9.25. The maximum absolute atomic E-state index is 11.7. The van der Waals surface area contributed by atoms with Crippen LogP contribution in [0, 0.1) is 12.8 Å². The highest BCUT2D eigenvalue weighted by atomic mass is 16.5. The van der Waals surface area contributed by atoms with Crippen LogP contribution in [0.3, 0.4) is 0 Å². The van der Waals surface area contributed by atoms with Crippen LogP contribution >= 0.6 is 0 Å². The minimum Gasteiger partial charge on any atom is -0.496 e. The second-order valence-corrected chi connectivity index (χ2v) is 3.95. The molecule has 1 aromatic carbocycles. The van der Waals surface area contributed by atoms with Gasteiger partial charge in [-0.3, -0.25) is 4.79 Å². The Bertz CT molecular complexity index is 394. The van der Waals surface area contributed by atoms with Crippen LogP contribution < -0.4 is 4.74 Å². The van der Waals surface area contributed by atoms with E-state index < -0.39 is 0 Å². The largest absolute Gasteiger partial charge is 0.496 e. The van der Waals surface area contributed by atoms with E-state index in [0.29, 0.717) is 0 Å². The molecule has 2 rings (SSSR count). The number of aryl methyl sites for hydroxylation is 1. The molecule has 0 aliphatic heterocycles. The first-order valence-electron chi connectivity index (χ1n) is 4.85. The Kier molecular flexibility index (Phi) is 2.06. The number of fused-ring (bicyclic) bond motifs is 1. The Morgan fingerprint density at radius 1 is 1.43 bits per heavy atom. The van der Waals surface area contributed by atoms with E-state index in [4.69, 9.17) is 4.74 Å². The Morgan fingerprint density at radius 3 is 2.79 bits per heavy atom. The fourth-order valence-corrected chi connectivity index (χ4v) is 2.04. The summed E-state index contributed by atoms with van der Waals surface area (Å²) in [6, 6.07) is 3.94. The lowest BCUT2D eigenvalue weighted by Crippen LogP contribution is -2.03. The molecule has 2 nitrogen and oxygen atoms in total. The minimum atomic E-state index is 0.136. The monoisotopic (exact) mass is 190 g/mol. The topological polar surface area (TPSA) is 26.3 Å². The van der Waals surface area contributed by atoms with Crippen molar-refractivity contribution in [1.29, 1.82) is 0 Å². The lowest BCUT2D eigenvalue weighted by atomic mass is 10.1. The van der Waals surface area contributed by atoms with Crippen molar-refractivity contribution in [3.63, 3.8) is 0 Å². The van der Waals surface area contributed by atoms with Crippen molar-refractivity contribution < 1.29 is 9.53 Å². The van der Waals surface area contributed by atoms with Crippen LogP contribution in [-0.2, 0) is 6.42 Å². The Labute approximate surface area is 83.9 Å². The van der Waals surface area contributed by atoms with E-state index in [9.17, 15) is 4.79 Å². The van der Waals surface area contributed by atoms with E-state index in [1.165, 1.54) is 0 Å². The summed E-state index contributed by atoms with van der Waals surface area (Å²) in [5, 5.41) is 0. The lowest BCUT2D eigenvalue weighted by Gasteiger charge is -2.06. The first-order valence-corrected chi connectivity index (χ1v) is 4.85. The summed E-state index contributed by atoms with van der Waals surface area (Å²) >= 11 is 0. The number of carbonyl (C=O) groups is 1. The van der Waals surface area contributed by atoms with Crippen LogP contribution in [0.15, 0.2) is 12.1 Å². The van der Waals surface area contributed by atoms with Gasteiger partial charge in [0.2, 0.25) is 0 Å². The van der Waals surface area contributed by atoms with E-state index in [-0.39, 0.29) is 11.7 Å². The quantitative estimate of drug-likeness (QED) is 0.679. The van der Waals surface area contributed by atoms with Crippen LogP contribution in [0.25, 0.3) is 0 Å². The molecule has 0 bridgehead atoms. The molecule has 0 radical (unpaired) electrons. The van der Waals surface area contributed by atoms with Crippen molar-refractivity contribution in [1.82, 2.24) is 0 Å². The van der Waals surface area contributed by atoms with Crippen molar-refractivity contribution in [2.24, 2.45) is 5.92 Å². The molecule has 0 heterocycles. The van der Waals surface area contributed by atoms with Gasteiger partial charge in [0.1, 0.15) is 5.75 Å². The average molecular weight is 190 g/mol. The van der Waals surface area contributed by atoms with Gasteiger partial charge in [-0.2, -0.15) is 0 Å². The molecule has 74 valence electrons. The summed E-state index contributed by atoms with van der Waals surface area (Å²) in [5.74, 6) is 1.29. The number of carbonyl (C=O) groups excluding carboxylic acids is 1. The highest BCUT2D eigenvalue weighted by molar-refractivity contribution is 6.02. The Morgan fingerprint density at radius 2 is 2.14 bits per heavy atom. The smallest absolute Gasteiger partial charge is 0.166 e. The van der Waals surface area contributed by atoms with E-state index in [2.05, 4.69) is 0 Å². The maximum Gasteiger partial charge on any atom is 0.166 e. The highest BCUT2D eigenvalue weighted by Gasteiger charge is 2.27. The average Bonchev–Trinajstić information content (AvgIpc) is 2.43. The van der Waals surface area contributed by atoms with E-state index in [0.717, 1.165) is 28.9 Å². The number of ketones is 1. The van der Waals surface area contributed by atoms with Crippen LogP contribution in [-0.4, -0.2) is 12.9 Å². The van der Waals surface area contributed by atoms with Gasteiger partial charge in [0.25, 0.3) is 0 Å². The molecule has 2 heteroatoms. The van der Waals surface area contributed by atoms with Gasteiger partial charge in [0.15, 0.2) is 5.78 Å². The predicted molar refractivity (Wildman–Crippen MR) is 54.9 cm³/mol. The van der Waals surface area contributed by atoms with Gasteiger partial charge in [0, 0.05) is 11.5 Å². The molecule has 1 aliphatic rings. The SMILES string of the molecule is COc1cc2c(cc1C)C(=O)C(C)C2. The van der Waals surface area contributed by atoms with E-state index in [1.54, 1.807) is 7.11 Å². The van der Waals surface area contributed by atoms with Gasteiger partial charge in [-0.25, -0.2) is 0 Å². The molecular weight excluding hydrogens is 176 g/mol. The number of hydrogen-bond acceptors (Lipinski definition) is 2. The third-order valence-corrected chi connectivity index (χ3v) is 2.86. The maximum atomic E-state index is 11.7. The van der Waals surface area contributed by atoms with Gasteiger partial charge < -0.3 is 4.74 Å². The fraction of sp³-hybridized carbons (Fsp3) is 0.417. The molecule has 1 aromatic rings. The standard InChI is InChI=1S/C12H14O2/c1-7-5-10-9(6-11(7)14-3)4-8(2)12(10)13/h5-6,8H,4H2,1-3H3. The molecule has 1 aliphatic carbocycles. The van der Waals surface area contributed by atoms with Crippen molar-refractivity contribution in [2.75, 3.05) is 7.11 Å². The molecule has 0 saturated carbocycles. The minimum absolute atomic E-state index is 0.136. The summed E-state index contributed by atoms with van der Waals surface area (Å²) in [4.78, 5) is 11.7. The van der Waals surface area contributed by atoms with Gasteiger partial charge in [-0.15, -0.1) is 0 Å². The van der Waals surface area contributed by atoms with Gasteiger partial charge in [0.05, 0.1) is 7.11 Å². The summed E-state index contributed by atoms with van der Waals surface area (Å²) in [7, 11) is 1.66. The summed E-state index contributed by atoms with van der Waals surface area (Å²) < 4.78 is 5.23. The Hall–Kier alpha value is -1.31. The predicted octanol–water partition coefficient (Wildman–Crippen LogP) is 2.38. The second kappa shape index (κ2) is 3.12. The van der Waals surface area contributed by atoms with Gasteiger partial charge in [-0.1, -0.05) is 6.92 Å². The van der Waals surface area contributed by atoms with Crippen molar-refractivity contribution in [2.45, 2.75) is 20.3 Å². The van der Waals surface area contributed by atoms with Crippen LogP contribution in [0.5, 0.6) is 5.75 Å². The molecule has 1 unspecified atom stereocenters. The molecule has 1 atom stereocenters. The highest BCUT2D eigenvalue weighted by Crippen LogP contribution is 2.31. The molecule has 0 saturated heterocycles. The summed E-state index contributed by atoms with van der Waals surface area (Å²) in [6.07, 6.45) is 0.852. The summed E-state index contributed by atoms with van der Waals surface area (Å²) in [6.45, 7) is 3.94. The van der Waals surface area contributed by atoms with Crippen molar-refractivity contribution >= 4 is 5.78 Å². The third kappa shape index (κ3) is 1.22. The van der Waals surface area contributed by atoms with Crippen LogP contribution in [0.2, 0.25) is 0 Å². The zero-order valence-electron chi connectivity index (χ0n) is 8.76. The molecular formula is C12H14O2. The second-order valence-electron chi connectivity index (χ2n) is 3.95. The molecule has 0 aromatic heterocycles. The van der Waals surface area contributed by atoms with E-state index >= 15 is 0 Å². The van der Waals surface area contributed by atoms with E-state index in [1.807, 2.05) is 26.0 Å². The first-order chi connectivity index (χ1) is 6.63. The molecule has 0 fully saturated rings. The molecule has 0 spiro atoms. The third-order valence-electron chi connectivity index (χ3n) is 2.86. The molecule has 0 amide bonds. The van der Waals surface area contributed by atoms with Crippen LogP contribution in [0.4, 0.5) is 0 Å². The number of ether oxygens (including phenoxy) is 1. The zero-order chi connectivity index (χ0) is 10.3. The molecule has 0 N–H and O–H groups in total. The number of benzene rings is 1. The van der Waals surface area contributed by atoms with Crippen LogP contribution in [0.1, 0.15) is 28.4 Å². The lowest BCUT2D eigenvalue weighted by molar-refractivity contribution is 0.0946. The number of hydrogen-bond donors (Lipinski definition) is 0. The summed E-state index contributed by atoms with van der Waals surface area (Å²) in [5.41, 5.74) is 3.05.